The standard InChI is InChI=1S/C22H22ClFN2O4S/c1-14-22(17-12-16(24)6-7-19(17)26(14)13-21(27)28)15-8-10-25(11-9-15)31(29,30)20-5-3-2-4-18(20)23/h2-7,12,15H,8-11,13H2,1H3,(H,27,28). The van der Waals surface area contributed by atoms with Crippen molar-refractivity contribution in [1.29, 1.82) is 0 Å². The van der Waals surface area contributed by atoms with E-state index >= 15 is 0 Å². The molecule has 1 N–H and O–H groups in total. The van der Waals surface area contributed by atoms with E-state index in [9.17, 15) is 22.7 Å². The van der Waals surface area contributed by atoms with Crippen LogP contribution in [-0.2, 0) is 21.4 Å². The van der Waals surface area contributed by atoms with Crippen molar-refractivity contribution in [3.8, 4) is 0 Å². The van der Waals surface area contributed by atoms with Crippen LogP contribution in [-0.4, -0.2) is 41.5 Å². The largest absolute Gasteiger partial charge is 0.480 e. The molecule has 1 aromatic heterocycles. The molecule has 0 spiro atoms. The molecule has 6 nitrogen and oxygen atoms in total. The van der Waals surface area contributed by atoms with Gasteiger partial charge in [0, 0.05) is 29.7 Å². The molecule has 9 heteroatoms. The van der Waals surface area contributed by atoms with Crippen LogP contribution in [0, 0.1) is 12.7 Å². The van der Waals surface area contributed by atoms with E-state index in [-0.39, 0.29) is 28.2 Å². The topological polar surface area (TPSA) is 79.6 Å². The number of hydrogen-bond donors (Lipinski definition) is 1. The van der Waals surface area contributed by atoms with Gasteiger partial charge in [-0.2, -0.15) is 4.31 Å². The number of nitrogens with zero attached hydrogens (tertiary/aromatic N) is 2. The van der Waals surface area contributed by atoms with Crippen LogP contribution in [0.1, 0.15) is 30.0 Å². The lowest BCUT2D eigenvalue weighted by Crippen LogP contribution is -2.38. The summed E-state index contributed by atoms with van der Waals surface area (Å²) in [7, 11) is -3.71. The van der Waals surface area contributed by atoms with E-state index in [0.29, 0.717) is 36.8 Å². The first-order chi connectivity index (χ1) is 14.7. The van der Waals surface area contributed by atoms with E-state index in [1.54, 1.807) is 28.8 Å². The van der Waals surface area contributed by atoms with Crippen LogP contribution in [0.15, 0.2) is 47.4 Å². The Morgan fingerprint density at radius 1 is 1.19 bits per heavy atom. The molecule has 1 aliphatic rings. The Bertz CT molecular complexity index is 1260. The third kappa shape index (κ3) is 3.95. The summed E-state index contributed by atoms with van der Waals surface area (Å²) < 4.78 is 43.2. The van der Waals surface area contributed by atoms with Crippen molar-refractivity contribution in [2.45, 2.75) is 37.1 Å². The van der Waals surface area contributed by atoms with Gasteiger partial charge in [0.05, 0.1) is 5.02 Å². The van der Waals surface area contributed by atoms with E-state index in [2.05, 4.69) is 0 Å². The lowest BCUT2D eigenvalue weighted by molar-refractivity contribution is -0.137. The van der Waals surface area contributed by atoms with Crippen molar-refractivity contribution in [3.05, 3.63) is 64.6 Å². The summed E-state index contributed by atoms with van der Waals surface area (Å²) in [6.07, 6.45) is 1.10. The maximum atomic E-state index is 14.0. The van der Waals surface area contributed by atoms with Crippen molar-refractivity contribution in [2.24, 2.45) is 0 Å². The van der Waals surface area contributed by atoms with E-state index < -0.39 is 16.0 Å². The molecule has 0 unspecified atom stereocenters. The summed E-state index contributed by atoms with van der Waals surface area (Å²) in [5, 5.41) is 10.2. The maximum absolute atomic E-state index is 14.0. The molecule has 2 heterocycles. The molecular weight excluding hydrogens is 443 g/mol. The molecule has 0 atom stereocenters. The number of carbonyl (C=O) groups is 1. The molecule has 0 amide bonds. The molecule has 0 saturated carbocycles. The van der Waals surface area contributed by atoms with Gasteiger partial charge in [-0.3, -0.25) is 4.79 Å². The Hall–Kier alpha value is -2.42. The Morgan fingerprint density at radius 2 is 1.87 bits per heavy atom. The quantitative estimate of drug-likeness (QED) is 0.607. The Morgan fingerprint density at radius 3 is 2.52 bits per heavy atom. The summed E-state index contributed by atoms with van der Waals surface area (Å²) in [6, 6.07) is 10.7. The monoisotopic (exact) mass is 464 g/mol. The molecular formula is C22H22ClFN2O4S. The first-order valence-electron chi connectivity index (χ1n) is 9.95. The predicted molar refractivity (Wildman–Crippen MR) is 116 cm³/mol. The van der Waals surface area contributed by atoms with Gasteiger partial charge in [0.15, 0.2) is 0 Å². The second-order valence-corrected chi connectivity index (χ2v) is 10.1. The van der Waals surface area contributed by atoms with Crippen LogP contribution < -0.4 is 0 Å². The highest BCUT2D eigenvalue weighted by Gasteiger charge is 2.33. The van der Waals surface area contributed by atoms with Gasteiger partial charge in [0.2, 0.25) is 10.0 Å². The number of fused-ring (bicyclic) bond motifs is 1. The van der Waals surface area contributed by atoms with Crippen molar-refractivity contribution in [1.82, 2.24) is 8.87 Å². The molecule has 1 fully saturated rings. The number of carboxylic acids is 1. The molecule has 1 saturated heterocycles. The smallest absolute Gasteiger partial charge is 0.323 e. The van der Waals surface area contributed by atoms with E-state index in [1.165, 1.54) is 22.5 Å². The fourth-order valence-electron chi connectivity index (χ4n) is 4.51. The van der Waals surface area contributed by atoms with Crippen LogP contribution in [0.4, 0.5) is 4.39 Å². The summed E-state index contributed by atoms with van der Waals surface area (Å²) in [4.78, 5) is 11.4. The summed E-state index contributed by atoms with van der Waals surface area (Å²) >= 11 is 6.11. The number of rotatable bonds is 5. The third-order valence-corrected chi connectivity index (χ3v) is 8.34. The van der Waals surface area contributed by atoms with Crippen molar-refractivity contribution in [3.63, 3.8) is 0 Å². The van der Waals surface area contributed by atoms with Gasteiger partial charge in [-0.25, -0.2) is 12.8 Å². The van der Waals surface area contributed by atoms with Gasteiger partial charge in [-0.15, -0.1) is 0 Å². The van der Waals surface area contributed by atoms with Crippen molar-refractivity contribution >= 4 is 38.5 Å². The van der Waals surface area contributed by atoms with Crippen LogP contribution in [0.5, 0.6) is 0 Å². The Kier molecular flexibility index (Phi) is 5.81. The van der Waals surface area contributed by atoms with Gasteiger partial charge < -0.3 is 9.67 Å². The SMILES string of the molecule is Cc1c(C2CCN(S(=O)(=O)c3ccccc3Cl)CC2)c2cc(F)ccc2n1CC(=O)O. The average molecular weight is 465 g/mol. The zero-order valence-electron chi connectivity index (χ0n) is 16.9. The molecule has 0 radical (unpaired) electrons. The summed E-state index contributed by atoms with van der Waals surface area (Å²) in [6.45, 7) is 2.23. The first-order valence-corrected chi connectivity index (χ1v) is 11.8. The van der Waals surface area contributed by atoms with Crippen molar-refractivity contribution in [2.75, 3.05) is 13.1 Å². The fourth-order valence-corrected chi connectivity index (χ4v) is 6.48. The van der Waals surface area contributed by atoms with Crippen LogP contribution in [0.3, 0.4) is 0 Å². The zero-order valence-corrected chi connectivity index (χ0v) is 18.5. The number of aromatic nitrogens is 1. The highest BCUT2D eigenvalue weighted by Crippen LogP contribution is 2.39. The molecule has 0 aliphatic carbocycles. The third-order valence-electron chi connectivity index (χ3n) is 5.94. The molecule has 31 heavy (non-hydrogen) atoms. The minimum atomic E-state index is -3.71. The van der Waals surface area contributed by atoms with Gasteiger partial charge in [-0.05, 0) is 61.6 Å². The molecule has 164 valence electrons. The minimum absolute atomic E-state index is 0.00274. The van der Waals surface area contributed by atoms with Gasteiger partial charge >= 0.3 is 5.97 Å². The molecule has 3 aromatic rings. The summed E-state index contributed by atoms with van der Waals surface area (Å²) in [5.41, 5.74) is 2.34. The second-order valence-electron chi connectivity index (χ2n) is 7.75. The Labute approximate surface area is 184 Å². The Balaban J connectivity index is 1.65. The van der Waals surface area contributed by atoms with Crippen LogP contribution in [0.25, 0.3) is 10.9 Å². The molecule has 2 aromatic carbocycles. The molecule has 4 rings (SSSR count). The summed E-state index contributed by atoms with van der Waals surface area (Å²) in [5.74, 6) is -1.37. The lowest BCUT2D eigenvalue weighted by atomic mass is 9.88. The molecule has 1 aliphatic heterocycles. The number of halogens is 2. The van der Waals surface area contributed by atoms with E-state index in [0.717, 1.165) is 11.3 Å². The lowest BCUT2D eigenvalue weighted by Gasteiger charge is -2.32. The predicted octanol–water partition coefficient (Wildman–Crippen LogP) is 4.40. The zero-order chi connectivity index (χ0) is 22.3. The number of sulfonamides is 1. The maximum Gasteiger partial charge on any atom is 0.323 e. The van der Waals surface area contributed by atoms with Crippen molar-refractivity contribution < 1.29 is 22.7 Å². The van der Waals surface area contributed by atoms with Crippen LogP contribution >= 0.6 is 11.6 Å². The highest BCUT2D eigenvalue weighted by atomic mass is 35.5. The van der Waals surface area contributed by atoms with Gasteiger partial charge in [0.1, 0.15) is 17.3 Å². The fraction of sp³-hybridized carbons (Fsp3) is 0.318. The van der Waals surface area contributed by atoms with E-state index in [4.69, 9.17) is 11.6 Å². The number of benzene rings is 2. The van der Waals surface area contributed by atoms with E-state index in [1.807, 2.05) is 6.92 Å². The van der Waals surface area contributed by atoms with Gasteiger partial charge in [-0.1, -0.05) is 23.7 Å². The average Bonchev–Trinajstić information content (AvgIpc) is 2.98. The highest BCUT2D eigenvalue weighted by molar-refractivity contribution is 7.89. The number of carboxylic acid groups (broad SMARTS) is 1. The minimum Gasteiger partial charge on any atom is -0.480 e. The number of hydrogen-bond acceptors (Lipinski definition) is 3. The van der Waals surface area contributed by atoms with Gasteiger partial charge in [0.25, 0.3) is 0 Å². The number of piperidine rings is 1. The normalized spacial score (nSPS) is 16.1. The number of aliphatic carboxylic acids is 1. The second kappa shape index (κ2) is 8.26. The first kappa shape index (κ1) is 21.8. The van der Waals surface area contributed by atoms with Crippen LogP contribution in [0.2, 0.25) is 5.02 Å². The molecule has 0 bridgehead atoms.